The van der Waals surface area contributed by atoms with Crippen LogP contribution in [-0.2, 0) is 4.79 Å². The van der Waals surface area contributed by atoms with Crippen LogP contribution in [0.4, 0.5) is 10.5 Å². The average Bonchev–Trinajstić information content (AvgIpc) is 2.96. The Bertz CT molecular complexity index is 1190. The Hall–Kier alpha value is -4.07. The minimum atomic E-state index is -0.376. The molecule has 8 nitrogen and oxygen atoms in total. The fourth-order valence-electron chi connectivity index (χ4n) is 4.84. The molecular weight excluding hydrogens is 482 g/mol. The van der Waals surface area contributed by atoms with Crippen LogP contribution in [0.5, 0.6) is 23.1 Å². The number of hydrogen-bond donors (Lipinski definition) is 1. The molecular formula is C30H33N3O5. The van der Waals surface area contributed by atoms with Crippen molar-refractivity contribution in [3.8, 4) is 23.1 Å². The number of hydrogen-bond acceptors (Lipinski definition) is 6. The van der Waals surface area contributed by atoms with Gasteiger partial charge in [-0.3, -0.25) is 4.79 Å². The van der Waals surface area contributed by atoms with Gasteiger partial charge in [0, 0.05) is 49.8 Å². The molecule has 5 rings (SSSR count). The van der Waals surface area contributed by atoms with Crippen molar-refractivity contribution in [2.75, 3.05) is 18.4 Å². The van der Waals surface area contributed by atoms with E-state index in [-0.39, 0.29) is 24.0 Å². The molecule has 1 saturated heterocycles. The molecule has 198 valence electrons. The largest absolute Gasteiger partial charge is 0.490 e. The maximum Gasteiger partial charge on any atom is 0.415 e. The number of anilines is 1. The maximum atomic E-state index is 12.7. The summed E-state index contributed by atoms with van der Waals surface area (Å²) in [5.74, 6) is 2.62. The van der Waals surface area contributed by atoms with Crippen molar-refractivity contribution in [1.29, 1.82) is 0 Å². The molecule has 2 aliphatic rings. The predicted molar refractivity (Wildman–Crippen MR) is 144 cm³/mol. The summed E-state index contributed by atoms with van der Waals surface area (Å²) in [6.07, 6.45) is 8.12. The summed E-state index contributed by atoms with van der Waals surface area (Å²) in [6, 6.07) is 19.9. The van der Waals surface area contributed by atoms with Crippen molar-refractivity contribution < 1.29 is 23.8 Å². The van der Waals surface area contributed by atoms with Gasteiger partial charge >= 0.3 is 6.09 Å². The van der Waals surface area contributed by atoms with Gasteiger partial charge in [-0.05, 0) is 67.4 Å². The number of rotatable bonds is 7. The number of benzene rings is 2. The number of aromatic nitrogens is 1. The Morgan fingerprint density at radius 3 is 2.16 bits per heavy atom. The SMILES string of the molecule is O=C(Nc1ccc(OC(=O)N2CCC(Oc3ccc(Oc4ccccn4)cc3)CC2)cc1)C1CCCCC1. The third kappa shape index (κ3) is 7.03. The van der Waals surface area contributed by atoms with Crippen LogP contribution in [0.1, 0.15) is 44.9 Å². The first-order valence-electron chi connectivity index (χ1n) is 13.4. The van der Waals surface area contributed by atoms with Gasteiger partial charge in [0.25, 0.3) is 0 Å². The van der Waals surface area contributed by atoms with E-state index in [9.17, 15) is 9.59 Å². The number of piperidine rings is 1. The van der Waals surface area contributed by atoms with Crippen LogP contribution >= 0.6 is 0 Å². The summed E-state index contributed by atoms with van der Waals surface area (Å²) < 4.78 is 17.4. The van der Waals surface area contributed by atoms with Gasteiger partial charge in [-0.1, -0.05) is 25.3 Å². The third-order valence-corrected chi connectivity index (χ3v) is 6.99. The van der Waals surface area contributed by atoms with Crippen molar-refractivity contribution in [1.82, 2.24) is 9.88 Å². The maximum absolute atomic E-state index is 12.7. The Kier molecular flexibility index (Phi) is 8.38. The minimum Gasteiger partial charge on any atom is -0.490 e. The molecule has 0 bridgehead atoms. The van der Waals surface area contributed by atoms with Crippen LogP contribution in [0.3, 0.4) is 0 Å². The average molecular weight is 516 g/mol. The number of amides is 2. The first-order valence-corrected chi connectivity index (χ1v) is 13.4. The van der Waals surface area contributed by atoms with Crippen LogP contribution < -0.4 is 19.5 Å². The van der Waals surface area contributed by atoms with Gasteiger partial charge in [0.1, 0.15) is 23.4 Å². The van der Waals surface area contributed by atoms with Gasteiger partial charge in [-0.2, -0.15) is 0 Å². The lowest BCUT2D eigenvalue weighted by Crippen LogP contribution is -2.43. The lowest BCUT2D eigenvalue weighted by molar-refractivity contribution is -0.120. The molecule has 2 heterocycles. The molecule has 1 aliphatic heterocycles. The third-order valence-electron chi connectivity index (χ3n) is 6.99. The molecule has 0 spiro atoms. The Balaban J connectivity index is 1.04. The molecule has 2 amide bonds. The molecule has 1 aromatic heterocycles. The van der Waals surface area contributed by atoms with Crippen LogP contribution in [0.15, 0.2) is 72.9 Å². The zero-order chi connectivity index (χ0) is 26.2. The van der Waals surface area contributed by atoms with E-state index in [1.807, 2.05) is 36.4 Å². The fourth-order valence-corrected chi connectivity index (χ4v) is 4.84. The van der Waals surface area contributed by atoms with Gasteiger partial charge in [0.15, 0.2) is 0 Å². The predicted octanol–water partition coefficient (Wildman–Crippen LogP) is 6.43. The zero-order valence-corrected chi connectivity index (χ0v) is 21.4. The molecule has 38 heavy (non-hydrogen) atoms. The van der Waals surface area contributed by atoms with Gasteiger partial charge < -0.3 is 24.4 Å². The number of ether oxygens (including phenoxy) is 3. The first kappa shape index (κ1) is 25.6. The van der Waals surface area contributed by atoms with E-state index in [0.29, 0.717) is 43.3 Å². The van der Waals surface area contributed by atoms with Gasteiger partial charge in [0.05, 0.1) is 0 Å². The fraction of sp³-hybridized carbons (Fsp3) is 0.367. The van der Waals surface area contributed by atoms with E-state index < -0.39 is 0 Å². The van der Waals surface area contributed by atoms with Crippen LogP contribution in [0.2, 0.25) is 0 Å². The summed E-state index contributed by atoms with van der Waals surface area (Å²) in [7, 11) is 0. The van der Waals surface area contributed by atoms with E-state index in [2.05, 4.69) is 10.3 Å². The summed E-state index contributed by atoms with van der Waals surface area (Å²) >= 11 is 0. The van der Waals surface area contributed by atoms with Crippen LogP contribution in [0, 0.1) is 5.92 Å². The zero-order valence-electron chi connectivity index (χ0n) is 21.4. The van der Waals surface area contributed by atoms with Gasteiger partial charge in [-0.25, -0.2) is 9.78 Å². The smallest absolute Gasteiger partial charge is 0.415 e. The molecule has 3 aromatic rings. The molecule has 2 aromatic carbocycles. The van der Waals surface area contributed by atoms with Gasteiger partial charge in [0.2, 0.25) is 11.8 Å². The first-order chi connectivity index (χ1) is 18.6. The van der Waals surface area contributed by atoms with Crippen molar-refractivity contribution in [3.05, 3.63) is 72.9 Å². The molecule has 0 atom stereocenters. The van der Waals surface area contributed by atoms with Crippen LogP contribution in [0.25, 0.3) is 0 Å². The second kappa shape index (κ2) is 12.4. The van der Waals surface area contributed by atoms with E-state index >= 15 is 0 Å². The molecule has 0 radical (unpaired) electrons. The normalized spacial score (nSPS) is 16.5. The second-order valence-corrected chi connectivity index (χ2v) is 9.76. The Labute approximate surface area is 222 Å². The number of carbonyl (C=O) groups excluding carboxylic acids is 2. The van der Waals surface area contributed by atoms with Crippen molar-refractivity contribution >= 4 is 17.7 Å². The molecule has 1 saturated carbocycles. The summed E-state index contributed by atoms with van der Waals surface area (Å²) in [5.41, 5.74) is 0.717. The molecule has 0 unspecified atom stereocenters. The lowest BCUT2D eigenvalue weighted by Gasteiger charge is -2.31. The van der Waals surface area contributed by atoms with Crippen LogP contribution in [-0.4, -0.2) is 41.1 Å². The highest BCUT2D eigenvalue weighted by Gasteiger charge is 2.25. The van der Waals surface area contributed by atoms with E-state index in [1.54, 1.807) is 41.4 Å². The molecule has 8 heteroatoms. The van der Waals surface area contributed by atoms with E-state index in [1.165, 1.54) is 6.42 Å². The lowest BCUT2D eigenvalue weighted by atomic mass is 9.88. The molecule has 1 aliphatic carbocycles. The monoisotopic (exact) mass is 515 g/mol. The van der Waals surface area contributed by atoms with Gasteiger partial charge in [-0.15, -0.1) is 0 Å². The quantitative estimate of drug-likeness (QED) is 0.390. The number of nitrogens with zero attached hydrogens (tertiary/aromatic N) is 2. The van der Waals surface area contributed by atoms with Crippen molar-refractivity contribution in [2.24, 2.45) is 5.92 Å². The molecule has 2 fully saturated rings. The number of likely N-dealkylation sites (tertiary alicyclic amines) is 1. The highest BCUT2D eigenvalue weighted by atomic mass is 16.6. The Morgan fingerprint density at radius 2 is 1.47 bits per heavy atom. The second-order valence-electron chi connectivity index (χ2n) is 9.76. The number of pyridine rings is 1. The standard InChI is InChI=1S/C30H33N3O5/c34-29(22-6-2-1-3-7-22)32-23-9-11-26(12-10-23)38-30(35)33-20-17-27(18-21-33)36-24-13-15-25(16-14-24)37-28-8-4-5-19-31-28/h4-5,8-16,19,22,27H,1-3,6-7,17-18,20-21H2,(H,32,34). The minimum absolute atomic E-state index is 0.0219. The summed E-state index contributed by atoms with van der Waals surface area (Å²) in [4.78, 5) is 31.0. The van der Waals surface area contributed by atoms with Crippen molar-refractivity contribution in [2.45, 2.75) is 51.0 Å². The highest BCUT2D eigenvalue weighted by molar-refractivity contribution is 5.92. The summed E-state index contributed by atoms with van der Waals surface area (Å²) in [6.45, 7) is 1.11. The molecule has 1 N–H and O–H groups in total. The van der Waals surface area contributed by atoms with Crippen molar-refractivity contribution in [3.63, 3.8) is 0 Å². The number of nitrogens with one attached hydrogen (secondary N) is 1. The summed E-state index contributed by atoms with van der Waals surface area (Å²) in [5, 5.41) is 2.98. The highest BCUT2D eigenvalue weighted by Crippen LogP contribution is 2.27. The van der Waals surface area contributed by atoms with E-state index in [0.717, 1.165) is 37.1 Å². The Morgan fingerprint density at radius 1 is 0.789 bits per heavy atom. The van der Waals surface area contributed by atoms with E-state index in [4.69, 9.17) is 14.2 Å². The number of carbonyl (C=O) groups is 2. The topological polar surface area (TPSA) is 90.0 Å².